The zero-order valence-electron chi connectivity index (χ0n) is 8.29. The fourth-order valence-corrected chi connectivity index (χ4v) is 2.60. The molecular weight excluding hydrogens is 192 g/mol. The van der Waals surface area contributed by atoms with Gasteiger partial charge in [-0.2, -0.15) is 0 Å². The molecule has 2 rings (SSSR count). The summed E-state index contributed by atoms with van der Waals surface area (Å²) in [5.41, 5.74) is 8.02. The van der Waals surface area contributed by atoms with Gasteiger partial charge in [-0.3, -0.25) is 0 Å². The van der Waals surface area contributed by atoms with Crippen LogP contribution in [0.4, 0.5) is 0 Å². The van der Waals surface area contributed by atoms with E-state index < -0.39 is 0 Å². The first-order valence-corrected chi connectivity index (χ1v) is 5.74. The molecule has 2 N–H and O–H groups in total. The highest BCUT2D eigenvalue weighted by Crippen LogP contribution is 2.25. The molecule has 1 heterocycles. The van der Waals surface area contributed by atoms with Crippen molar-refractivity contribution in [2.75, 3.05) is 6.54 Å². The molecule has 14 heavy (non-hydrogen) atoms. The van der Waals surface area contributed by atoms with Crippen LogP contribution in [-0.2, 0) is 12.8 Å². The number of aryl methyl sites for hydroxylation is 1. The minimum Gasteiger partial charge on any atom is -0.330 e. The van der Waals surface area contributed by atoms with Crippen molar-refractivity contribution in [3.05, 3.63) is 28.8 Å². The molecule has 0 spiro atoms. The van der Waals surface area contributed by atoms with E-state index in [-0.39, 0.29) is 0 Å². The van der Waals surface area contributed by atoms with E-state index in [0.717, 1.165) is 17.8 Å². The number of hydrogen-bond acceptors (Lipinski definition) is 3. The summed E-state index contributed by atoms with van der Waals surface area (Å²) >= 11 is 1.76. The lowest BCUT2D eigenvalue weighted by Crippen LogP contribution is -2.01. The van der Waals surface area contributed by atoms with Gasteiger partial charge in [0.1, 0.15) is 0 Å². The molecule has 0 aliphatic heterocycles. The summed E-state index contributed by atoms with van der Waals surface area (Å²) in [5.74, 6) is 0. The van der Waals surface area contributed by atoms with Crippen molar-refractivity contribution >= 4 is 21.6 Å². The van der Waals surface area contributed by atoms with Gasteiger partial charge in [0.2, 0.25) is 0 Å². The van der Waals surface area contributed by atoms with Gasteiger partial charge in [0.25, 0.3) is 0 Å². The van der Waals surface area contributed by atoms with Crippen LogP contribution in [0.3, 0.4) is 0 Å². The molecule has 0 fully saturated rings. The summed E-state index contributed by atoms with van der Waals surface area (Å²) in [7, 11) is 0. The molecule has 3 heteroatoms. The van der Waals surface area contributed by atoms with Crippen LogP contribution in [0, 0.1) is 0 Å². The maximum Gasteiger partial charge on any atom is 0.0951 e. The molecule has 0 atom stereocenters. The van der Waals surface area contributed by atoms with Gasteiger partial charge in [0.05, 0.1) is 15.2 Å². The highest BCUT2D eigenvalue weighted by molar-refractivity contribution is 7.18. The third-order valence-corrected chi connectivity index (χ3v) is 3.37. The zero-order valence-corrected chi connectivity index (χ0v) is 9.10. The predicted molar refractivity (Wildman–Crippen MR) is 61.8 cm³/mol. The first-order valence-electron chi connectivity index (χ1n) is 4.92. The summed E-state index contributed by atoms with van der Waals surface area (Å²) in [6, 6.07) is 6.38. The molecule has 0 saturated heterocycles. The number of thiazole rings is 1. The Kier molecular flexibility index (Phi) is 2.79. The third kappa shape index (κ3) is 1.65. The number of aromatic nitrogens is 1. The Morgan fingerprint density at radius 1 is 1.43 bits per heavy atom. The van der Waals surface area contributed by atoms with Gasteiger partial charge in [0, 0.05) is 6.42 Å². The highest BCUT2D eigenvalue weighted by atomic mass is 32.1. The Morgan fingerprint density at radius 3 is 3.00 bits per heavy atom. The molecule has 0 saturated carbocycles. The van der Waals surface area contributed by atoms with E-state index in [9.17, 15) is 0 Å². The van der Waals surface area contributed by atoms with Gasteiger partial charge < -0.3 is 5.73 Å². The normalized spacial score (nSPS) is 11.0. The summed E-state index contributed by atoms with van der Waals surface area (Å²) in [6.07, 6.45) is 1.94. The standard InChI is InChI=1S/C11H14N2S/c1-2-8-4-3-5-9-11(8)13-10(14-9)6-7-12/h3-5H,2,6-7,12H2,1H3. The molecule has 0 unspecified atom stereocenters. The number of fused-ring (bicyclic) bond motifs is 1. The minimum atomic E-state index is 0.682. The number of nitrogens with zero attached hydrogens (tertiary/aromatic N) is 1. The van der Waals surface area contributed by atoms with Crippen LogP contribution in [0.25, 0.3) is 10.2 Å². The molecule has 0 bridgehead atoms. The van der Waals surface area contributed by atoms with Gasteiger partial charge in [-0.1, -0.05) is 19.1 Å². The number of rotatable bonds is 3. The van der Waals surface area contributed by atoms with Crippen molar-refractivity contribution in [2.45, 2.75) is 19.8 Å². The second-order valence-corrected chi connectivity index (χ2v) is 4.38. The molecular formula is C11H14N2S. The van der Waals surface area contributed by atoms with Gasteiger partial charge in [-0.15, -0.1) is 11.3 Å². The maximum atomic E-state index is 5.52. The van der Waals surface area contributed by atoms with E-state index in [2.05, 4.69) is 30.1 Å². The molecule has 2 nitrogen and oxygen atoms in total. The van der Waals surface area contributed by atoms with Crippen LogP contribution < -0.4 is 5.73 Å². The average molecular weight is 206 g/mol. The lowest BCUT2D eigenvalue weighted by Gasteiger charge is -1.95. The fourth-order valence-electron chi connectivity index (χ4n) is 1.57. The van der Waals surface area contributed by atoms with Crippen LogP contribution in [-0.4, -0.2) is 11.5 Å². The molecule has 0 aliphatic carbocycles. The van der Waals surface area contributed by atoms with Crippen LogP contribution >= 0.6 is 11.3 Å². The minimum absolute atomic E-state index is 0.682. The number of hydrogen-bond donors (Lipinski definition) is 1. The number of nitrogens with two attached hydrogens (primary N) is 1. The maximum absolute atomic E-state index is 5.52. The summed E-state index contributed by atoms with van der Waals surface area (Å²) in [6.45, 7) is 2.85. The van der Waals surface area contributed by atoms with Crippen molar-refractivity contribution < 1.29 is 0 Å². The Morgan fingerprint density at radius 2 is 2.29 bits per heavy atom. The summed E-state index contributed by atoms with van der Waals surface area (Å²) < 4.78 is 1.28. The summed E-state index contributed by atoms with van der Waals surface area (Å²) in [4.78, 5) is 4.61. The van der Waals surface area contributed by atoms with Crippen molar-refractivity contribution in [3.63, 3.8) is 0 Å². The van der Waals surface area contributed by atoms with E-state index in [1.807, 2.05) is 0 Å². The van der Waals surface area contributed by atoms with E-state index >= 15 is 0 Å². The SMILES string of the molecule is CCc1cccc2sc(CCN)nc12. The predicted octanol–water partition coefficient (Wildman–Crippen LogP) is 2.36. The van der Waals surface area contributed by atoms with E-state index in [1.54, 1.807) is 11.3 Å². The van der Waals surface area contributed by atoms with Crippen LogP contribution in [0.2, 0.25) is 0 Å². The second kappa shape index (κ2) is 4.07. The number of para-hydroxylation sites is 1. The zero-order chi connectivity index (χ0) is 9.97. The highest BCUT2D eigenvalue weighted by Gasteiger charge is 2.05. The Balaban J connectivity index is 2.52. The molecule has 1 aromatic carbocycles. The van der Waals surface area contributed by atoms with Gasteiger partial charge >= 0.3 is 0 Å². The Hall–Kier alpha value is -0.930. The van der Waals surface area contributed by atoms with Gasteiger partial charge in [-0.25, -0.2) is 4.98 Å². The van der Waals surface area contributed by atoms with Crippen molar-refractivity contribution in [1.29, 1.82) is 0 Å². The fraction of sp³-hybridized carbons (Fsp3) is 0.364. The molecule has 0 aliphatic rings. The molecule has 1 aromatic heterocycles. The quantitative estimate of drug-likeness (QED) is 0.837. The average Bonchev–Trinajstić information content (AvgIpc) is 2.60. The molecule has 0 amide bonds. The third-order valence-electron chi connectivity index (χ3n) is 2.29. The second-order valence-electron chi connectivity index (χ2n) is 3.26. The van der Waals surface area contributed by atoms with Crippen molar-refractivity contribution in [3.8, 4) is 0 Å². The Labute approximate surface area is 87.8 Å². The number of benzene rings is 1. The molecule has 0 radical (unpaired) electrons. The summed E-state index contributed by atoms with van der Waals surface area (Å²) in [5, 5.41) is 1.16. The van der Waals surface area contributed by atoms with Crippen LogP contribution in [0.15, 0.2) is 18.2 Å². The van der Waals surface area contributed by atoms with Crippen molar-refractivity contribution in [1.82, 2.24) is 4.98 Å². The molecule has 2 aromatic rings. The lowest BCUT2D eigenvalue weighted by atomic mass is 10.1. The van der Waals surface area contributed by atoms with E-state index in [4.69, 9.17) is 5.73 Å². The largest absolute Gasteiger partial charge is 0.330 e. The smallest absolute Gasteiger partial charge is 0.0951 e. The first kappa shape index (κ1) is 9.62. The van der Waals surface area contributed by atoms with Gasteiger partial charge in [-0.05, 0) is 24.6 Å². The monoisotopic (exact) mass is 206 g/mol. The van der Waals surface area contributed by atoms with E-state index in [1.165, 1.54) is 15.8 Å². The van der Waals surface area contributed by atoms with Crippen LogP contribution in [0.1, 0.15) is 17.5 Å². The topological polar surface area (TPSA) is 38.9 Å². The van der Waals surface area contributed by atoms with Gasteiger partial charge in [0.15, 0.2) is 0 Å². The Bertz CT molecular complexity index is 434. The first-order chi connectivity index (χ1) is 6.85. The molecule has 74 valence electrons. The van der Waals surface area contributed by atoms with Crippen LogP contribution in [0.5, 0.6) is 0 Å². The van der Waals surface area contributed by atoms with Crippen molar-refractivity contribution in [2.24, 2.45) is 5.73 Å². The lowest BCUT2D eigenvalue weighted by molar-refractivity contribution is 0.956. The van der Waals surface area contributed by atoms with E-state index in [0.29, 0.717) is 6.54 Å².